The molecule has 0 aliphatic heterocycles. The van der Waals surface area contributed by atoms with Crippen molar-refractivity contribution in [2.24, 2.45) is 0 Å². The van der Waals surface area contributed by atoms with E-state index in [1.54, 1.807) is 0 Å². The Kier molecular flexibility index (Phi) is 4.48. The number of rotatable bonds is 3. The molecule has 3 nitrogen and oxygen atoms in total. The van der Waals surface area contributed by atoms with E-state index < -0.39 is 0 Å². The highest BCUT2D eigenvalue weighted by molar-refractivity contribution is 6.29. The van der Waals surface area contributed by atoms with Gasteiger partial charge in [0.15, 0.2) is 5.82 Å². The molecule has 0 aliphatic carbocycles. The molecule has 0 saturated carbocycles. The Bertz CT molecular complexity index is 1510. The first-order chi connectivity index (χ1) is 15.8. The fourth-order valence-electron chi connectivity index (χ4n) is 4.26. The molecular weight excluding hydrogens is 414 g/mol. The number of hydrogen-bond acceptors (Lipinski definition) is 2. The van der Waals surface area contributed by atoms with Gasteiger partial charge in [-0.2, -0.15) is 0 Å². The molecule has 0 aliphatic rings. The van der Waals surface area contributed by atoms with E-state index in [2.05, 4.69) is 82.3 Å². The smallest absolute Gasteiger partial charge is 0.161 e. The molecule has 0 atom stereocenters. The Morgan fingerprint density at radius 1 is 0.562 bits per heavy atom. The summed E-state index contributed by atoms with van der Waals surface area (Å²) < 4.78 is 2.30. The van der Waals surface area contributed by atoms with E-state index in [1.807, 2.05) is 36.4 Å². The minimum Gasteiger partial charge on any atom is -0.309 e. The van der Waals surface area contributed by atoms with E-state index >= 15 is 0 Å². The third-order valence-corrected chi connectivity index (χ3v) is 5.92. The minimum atomic E-state index is 0.431. The van der Waals surface area contributed by atoms with Crippen LogP contribution in [0, 0.1) is 0 Å². The number of para-hydroxylation sites is 2. The summed E-state index contributed by atoms with van der Waals surface area (Å²) in [7, 11) is 0. The largest absolute Gasteiger partial charge is 0.309 e. The SMILES string of the molecule is Clc1cc(-c2ccc(-n3c4ccccc4c4ccccc43)cc2)nc(-c2ccccc2)n1. The quantitative estimate of drug-likeness (QED) is 0.270. The second-order valence-electron chi connectivity index (χ2n) is 7.68. The lowest BCUT2D eigenvalue weighted by Gasteiger charge is -2.10. The molecule has 32 heavy (non-hydrogen) atoms. The predicted octanol–water partition coefficient (Wildman–Crippen LogP) is 7.56. The topological polar surface area (TPSA) is 30.7 Å². The van der Waals surface area contributed by atoms with Crippen molar-refractivity contribution in [2.75, 3.05) is 0 Å². The lowest BCUT2D eigenvalue weighted by Crippen LogP contribution is -1.95. The van der Waals surface area contributed by atoms with Gasteiger partial charge >= 0.3 is 0 Å². The zero-order chi connectivity index (χ0) is 21.5. The predicted molar refractivity (Wildman–Crippen MR) is 132 cm³/mol. The number of hydrogen-bond donors (Lipinski definition) is 0. The van der Waals surface area contributed by atoms with Gasteiger partial charge in [0.05, 0.1) is 16.7 Å². The van der Waals surface area contributed by atoms with Gasteiger partial charge in [0.2, 0.25) is 0 Å². The van der Waals surface area contributed by atoms with Crippen LogP contribution in [0.5, 0.6) is 0 Å². The number of fused-ring (bicyclic) bond motifs is 3. The third-order valence-electron chi connectivity index (χ3n) is 5.73. The van der Waals surface area contributed by atoms with Crippen LogP contribution in [0.1, 0.15) is 0 Å². The van der Waals surface area contributed by atoms with Crippen LogP contribution in [0.25, 0.3) is 50.1 Å². The van der Waals surface area contributed by atoms with Crippen LogP contribution < -0.4 is 0 Å². The third kappa shape index (κ3) is 3.15. The fraction of sp³-hybridized carbons (Fsp3) is 0. The molecule has 0 radical (unpaired) electrons. The van der Waals surface area contributed by atoms with Gasteiger partial charge in [0.25, 0.3) is 0 Å². The van der Waals surface area contributed by atoms with Gasteiger partial charge in [-0.05, 0) is 24.3 Å². The van der Waals surface area contributed by atoms with E-state index in [1.165, 1.54) is 21.8 Å². The second kappa shape index (κ2) is 7.63. The molecule has 6 rings (SSSR count). The summed E-state index contributed by atoms with van der Waals surface area (Å²) in [6.07, 6.45) is 0. The molecule has 4 aromatic carbocycles. The highest BCUT2D eigenvalue weighted by atomic mass is 35.5. The Morgan fingerprint density at radius 2 is 1.16 bits per heavy atom. The summed E-state index contributed by atoms with van der Waals surface area (Å²) in [5.74, 6) is 0.625. The van der Waals surface area contributed by atoms with E-state index in [9.17, 15) is 0 Å². The molecule has 0 fully saturated rings. The van der Waals surface area contributed by atoms with E-state index in [0.29, 0.717) is 11.0 Å². The van der Waals surface area contributed by atoms with Crippen LogP contribution in [0.2, 0.25) is 5.15 Å². The van der Waals surface area contributed by atoms with Crippen molar-refractivity contribution >= 4 is 33.4 Å². The van der Waals surface area contributed by atoms with Crippen LogP contribution in [0.4, 0.5) is 0 Å². The van der Waals surface area contributed by atoms with Gasteiger partial charge in [-0.1, -0.05) is 90.5 Å². The summed E-state index contributed by atoms with van der Waals surface area (Å²) in [6, 6.07) is 37.2. The van der Waals surface area contributed by atoms with Gasteiger partial charge < -0.3 is 4.57 Å². The average molecular weight is 432 g/mol. The summed E-state index contributed by atoms with van der Waals surface area (Å²) in [5.41, 5.74) is 6.23. The Hall–Kier alpha value is -3.95. The van der Waals surface area contributed by atoms with Crippen LogP contribution in [-0.4, -0.2) is 14.5 Å². The molecule has 6 aromatic rings. The number of halogens is 1. The van der Waals surface area contributed by atoms with Crippen LogP contribution in [-0.2, 0) is 0 Å². The number of nitrogens with zero attached hydrogens (tertiary/aromatic N) is 3. The molecule has 0 saturated heterocycles. The maximum atomic E-state index is 6.34. The van der Waals surface area contributed by atoms with E-state index in [-0.39, 0.29) is 0 Å². The lowest BCUT2D eigenvalue weighted by atomic mass is 10.1. The zero-order valence-corrected chi connectivity index (χ0v) is 17.9. The highest BCUT2D eigenvalue weighted by Gasteiger charge is 2.12. The van der Waals surface area contributed by atoms with Gasteiger partial charge in [0, 0.05) is 33.7 Å². The van der Waals surface area contributed by atoms with Crippen LogP contribution >= 0.6 is 11.6 Å². The van der Waals surface area contributed by atoms with Crippen molar-refractivity contribution < 1.29 is 0 Å². The second-order valence-corrected chi connectivity index (χ2v) is 8.07. The average Bonchev–Trinajstić information content (AvgIpc) is 3.19. The normalized spacial score (nSPS) is 11.3. The van der Waals surface area contributed by atoms with Crippen molar-refractivity contribution in [1.29, 1.82) is 0 Å². The maximum Gasteiger partial charge on any atom is 0.161 e. The first-order valence-corrected chi connectivity index (χ1v) is 10.8. The summed E-state index contributed by atoms with van der Waals surface area (Å²) in [5, 5.41) is 2.94. The minimum absolute atomic E-state index is 0.431. The van der Waals surface area contributed by atoms with Crippen molar-refractivity contribution in [2.45, 2.75) is 0 Å². The van der Waals surface area contributed by atoms with E-state index in [0.717, 1.165) is 22.5 Å². The molecule has 152 valence electrons. The maximum absolute atomic E-state index is 6.34. The molecule has 0 spiro atoms. The molecule has 0 unspecified atom stereocenters. The van der Waals surface area contributed by atoms with Crippen molar-refractivity contribution in [3.8, 4) is 28.3 Å². The van der Waals surface area contributed by atoms with Gasteiger partial charge in [-0.15, -0.1) is 0 Å². The standard InChI is InChI=1S/C28H18ClN3/c29-27-18-24(30-28(31-27)20-8-2-1-3-9-20)19-14-16-21(17-15-19)32-25-12-6-4-10-22(25)23-11-5-7-13-26(23)32/h1-18H. The Morgan fingerprint density at radius 3 is 1.81 bits per heavy atom. The van der Waals surface area contributed by atoms with Crippen molar-refractivity contribution in [3.63, 3.8) is 0 Å². The zero-order valence-electron chi connectivity index (χ0n) is 17.1. The van der Waals surface area contributed by atoms with Gasteiger partial charge in [0.1, 0.15) is 5.15 Å². The summed E-state index contributed by atoms with van der Waals surface area (Å²) in [6.45, 7) is 0. The molecule has 0 amide bonds. The molecule has 0 bridgehead atoms. The van der Waals surface area contributed by atoms with Gasteiger partial charge in [-0.3, -0.25) is 0 Å². The number of benzene rings is 4. The number of aromatic nitrogens is 3. The van der Waals surface area contributed by atoms with Crippen LogP contribution in [0.15, 0.2) is 109 Å². The monoisotopic (exact) mass is 431 g/mol. The lowest BCUT2D eigenvalue weighted by molar-refractivity contribution is 1.17. The molecule has 2 aromatic heterocycles. The molecule has 0 N–H and O–H groups in total. The summed E-state index contributed by atoms with van der Waals surface area (Å²) in [4.78, 5) is 9.17. The summed E-state index contributed by atoms with van der Waals surface area (Å²) >= 11 is 6.34. The van der Waals surface area contributed by atoms with E-state index in [4.69, 9.17) is 16.6 Å². The molecule has 4 heteroatoms. The first kappa shape index (κ1) is 18.8. The Labute approximate surface area is 190 Å². The first-order valence-electron chi connectivity index (χ1n) is 10.5. The Balaban J connectivity index is 1.46. The molecular formula is C28H18ClN3. The fourth-order valence-corrected chi connectivity index (χ4v) is 4.45. The molecule has 2 heterocycles. The van der Waals surface area contributed by atoms with Crippen molar-refractivity contribution in [3.05, 3.63) is 114 Å². The van der Waals surface area contributed by atoms with Crippen molar-refractivity contribution in [1.82, 2.24) is 14.5 Å². The highest BCUT2D eigenvalue weighted by Crippen LogP contribution is 2.32. The van der Waals surface area contributed by atoms with Crippen LogP contribution in [0.3, 0.4) is 0 Å². The van der Waals surface area contributed by atoms with Gasteiger partial charge in [-0.25, -0.2) is 9.97 Å².